The van der Waals surface area contributed by atoms with Gasteiger partial charge in [0.25, 0.3) is 5.91 Å². The van der Waals surface area contributed by atoms with E-state index in [0.717, 1.165) is 19.4 Å². The topological polar surface area (TPSA) is 46.3 Å². The summed E-state index contributed by atoms with van der Waals surface area (Å²) >= 11 is 6.19. The number of nitrogens with zero attached hydrogens (tertiary/aromatic N) is 1. The molecule has 1 fully saturated rings. The van der Waals surface area contributed by atoms with E-state index >= 15 is 0 Å². The minimum atomic E-state index is -0.0429. The van der Waals surface area contributed by atoms with E-state index in [2.05, 4.69) is 12.1 Å². The first kappa shape index (κ1) is 14.0. The summed E-state index contributed by atoms with van der Waals surface area (Å²) in [5.41, 5.74) is 7.90. The zero-order valence-corrected chi connectivity index (χ0v) is 12.4. The number of likely N-dealkylation sites (tertiary alicyclic amines) is 1. The van der Waals surface area contributed by atoms with Crippen molar-refractivity contribution in [3.8, 4) is 0 Å². The summed E-state index contributed by atoms with van der Waals surface area (Å²) in [4.78, 5) is 14.7. The van der Waals surface area contributed by atoms with Crippen molar-refractivity contribution in [3.63, 3.8) is 0 Å². The molecule has 21 heavy (non-hydrogen) atoms. The monoisotopic (exact) mass is 300 g/mol. The molecule has 0 radical (unpaired) electrons. The fourth-order valence-electron chi connectivity index (χ4n) is 2.90. The number of hydrogen-bond donors (Lipinski definition) is 1. The largest absolute Gasteiger partial charge is 0.398 e. The Hall–Kier alpha value is -2.00. The molecule has 4 heteroatoms. The molecule has 0 spiro atoms. The van der Waals surface area contributed by atoms with Crippen LogP contribution in [-0.4, -0.2) is 17.4 Å². The predicted octanol–water partition coefficient (Wildman–Crippen LogP) is 3.90. The number of nitrogens with two attached hydrogens (primary N) is 1. The third-order valence-corrected chi connectivity index (χ3v) is 4.38. The van der Waals surface area contributed by atoms with Gasteiger partial charge in [0.05, 0.1) is 22.3 Å². The molecular weight excluding hydrogens is 284 g/mol. The summed E-state index contributed by atoms with van der Waals surface area (Å²) in [7, 11) is 0. The summed E-state index contributed by atoms with van der Waals surface area (Å²) in [5, 5.41) is 0.348. The number of rotatable bonds is 2. The Morgan fingerprint density at radius 3 is 2.67 bits per heavy atom. The van der Waals surface area contributed by atoms with Crippen molar-refractivity contribution in [1.29, 1.82) is 0 Å². The quantitative estimate of drug-likeness (QED) is 0.855. The van der Waals surface area contributed by atoms with E-state index in [9.17, 15) is 4.79 Å². The van der Waals surface area contributed by atoms with Gasteiger partial charge in [-0.25, -0.2) is 0 Å². The van der Waals surface area contributed by atoms with Crippen LogP contribution in [0.1, 0.15) is 34.8 Å². The lowest BCUT2D eigenvalue weighted by molar-refractivity contribution is 0.0736. The molecule has 2 N–H and O–H groups in total. The molecule has 108 valence electrons. The number of nitrogen functional groups attached to an aromatic ring is 1. The minimum absolute atomic E-state index is 0.0429. The molecule has 2 aromatic rings. The Labute approximate surface area is 129 Å². The van der Waals surface area contributed by atoms with E-state index in [1.54, 1.807) is 18.2 Å². The Balaban J connectivity index is 1.92. The summed E-state index contributed by atoms with van der Waals surface area (Å²) in [6.45, 7) is 0.753. The van der Waals surface area contributed by atoms with Gasteiger partial charge in [-0.15, -0.1) is 0 Å². The molecule has 0 bridgehead atoms. The summed E-state index contributed by atoms with van der Waals surface area (Å²) in [6.07, 6.45) is 1.99. The van der Waals surface area contributed by atoms with E-state index in [0.29, 0.717) is 16.3 Å². The van der Waals surface area contributed by atoms with Crippen molar-refractivity contribution in [2.75, 3.05) is 12.3 Å². The Kier molecular flexibility index (Phi) is 3.84. The molecule has 1 heterocycles. The van der Waals surface area contributed by atoms with E-state index in [1.807, 2.05) is 23.1 Å². The highest BCUT2D eigenvalue weighted by molar-refractivity contribution is 6.36. The van der Waals surface area contributed by atoms with Gasteiger partial charge in [-0.2, -0.15) is 0 Å². The third kappa shape index (κ3) is 2.61. The van der Waals surface area contributed by atoms with Gasteiger partial charge >= 0.3 is 0 Å². The first-order chi connectivity index (χ1) is 10.2. The molecule has 1 amide bonds. The molecular formula is C17H17ClN2O. The number of carbonyl (C=O) groups excluding carboxylic acids is 1. The number of amides is 1. The van der Waals surface area contributed by atoms with Crippen LogP contribution in [0.25, 0.3) is 0 Å². The number of benzene rings is 2. The van der Waals surface area contributed by atoms with Crippen molar-refractivity contribution in [2.24, 2.45) is 0 Å². The molecule has 2 aromatic carbocycles. The second-order valence-corrected chi connectivity index (χ2v) is 5.65. The molecule has 0 aliphatic carbocycles. The van der Waals surface area contributed by atoms with Gasteiger partial charge in [-0.3, -0.25) is 4.79 Å². The van der Waals surface area contributed by atoms with Crippen molar-refractivity contribution < 1.29 is 4.79 Å². The number of halogens is 1. The lowest BCUT2D eigenvalue weighted by Crippen LogP contribution is -2.30. The lowest BCUT2D eigenvalue weighted by atomic mass is 10.0. The average Bonchev–Trinajstić information content (AvgIpc) is 3.00. The molecule has 1 aliphatic heterocycles. The zero-order valence-electron chi connectivity index (χ0n) is 11.6. The molecule has 3 rings (SSSR count). The summed E-state index contributed by atoms with van der Waals surface area (Å²) < 4.78 is 0. The van der Waals surface area contributed by atoms with Gasteiger partial charge in [-0.1, -0.05) is 48.0 Å². The van der Waals surface area contributed by atoms with Gasteiger partial charge in [0, 0.05) is 6.54 Å². The van der Waals surface area contributed by atoms with E-state index in [-0.39, 0.29) is 11.9 Å². The normalized spacial score (nSPS) is 18.0. The van der Waals surface area contributed by atoms with E-state index in [4.69, 9.17) is 17.3 Å². The van der Waals surface area contributed by atoms with Crippen LogP contribution in [0.5, 0.6) is 0 Å². The number of anilines is 1. The van der Waals surface area contributed by atoms with Crippen LogP contribution in [0.15, 0.2) is 48.5 Å². The molecule has 1 atom stereocenters. The number of carbonyl (C=O) groups is 1. The van der Waals surface area contributed by atoms with Crippen molar-refractivity contribution in [1.82, 2.24) is 4.90 Å². The van der Waals surface area contributed by atoms with Crippen LogP contribution >= 0.6 is 11.6 Å². The van der Waals surface area contributed by atoms with Gasteiger partial charge < -0.3 is 10.6 Å². The van der Waals surface area contributed by atoms with Crippen LogP contribution in [0.3, 0.4) is 0 Å². The maximum atomic E-state index is 12.8. The smallest absolute Gasteiger partial charge is 0.255 e. The molecule has 1 unspecified atom stereocenters. The molecule has 1 saturated heterocycles. The van der Waals surface area contributed by atoms with Gasteiger partial charge in [0.15, 0.2) is 0 Å². The van der Waals surface area contributed by atoms with Crippen molar-refractivity contribution in [2.45, 2.75) is 18.9 Å². The maximum Gasteiger partial charge on any atom is 0.255 e. The summed E-state index contributed by atoms with van der Waals surface area (Å²) in [6, 6.07) is 15.5. The molecule has 3 nitrogen and oxygen atoms in total. The fraction of sp³-hybridized carbons (Fsp3) is 0.235. The molecule has 1 aliphatic rings. The Bertz CT molecular complexity index is 657. The third-order valence-electron chi connectivity index (χ3n) is 3.96. The van der Waals surface area contributed by atoms with Gasteiger partial charge in [0.2, 0.25) is 0 Å². The highest BCUT2D eigenvalue weighted by Gasteiger charge is 2.31. The fourth-order valence-corrected chi connectivity index (χ4v) is 3.11. The van der Waals surface area contributed by atoms with Crippen molar-refractivity contribution >= 4 is 23.2 Å². The Morgan fingerprint density at radius 2 is 1.90 bits per heavy atom. The Morgan fingerprint density at radius 1 is 1.14 bits per heavy atom. The predicted molar refractivity (Wildman–Crippen MR) is 85.3 cm³/mol. The highest BCUT2D eigenvalue weighted by Crippen LogP contribution is 2.34. The molecule has 0 aromatic heterocycles. The van der Waals surface area contributed by atoms with E-state index in [1.165, 1.54) is 5.56 Å². The molecule has 0 saturated carbocycles. The average molecular weight is 301 g/mol. The van der Waals surface area contributed by atoms with Crippen LogP contribution in [0.2, 0.25) is 5.02 Å². The van der Waals surface area contributed by atoms with Gasteiger partial charge in [0.1, 0.15) is 0 Å². The standard InChI is InChI=1S/C17H17ClN2O/c18-16-13(8-4-9-14(16)19)17(21)20-11-5-10-15(20)12-6-2-1-3-7-12/h1-4,6-9,15H,5,10-11,19H2. The number of hydrogen-bond acceptors (Lipinski definition) is 2. The second-order valence-electron chi connectivity index (χ2n) is 5.28. The zero-order chi connectivity index (χ0) is 14.8. The SMILES string of the molecule is Nc1cccc(C(=O)N2CCCC2c2ccccc2)c1Cl. The first-order valence-corrected chi connectivity index (χ1v) is 7.46. The van der Waals surface area contributed by atoms with Crippen LogP contribution in [0, 0.1) is 0 Å². The minimum Gasteiger partial charge on any atom is -0.398 e. The summed E-state index contributed by atoms with van der Waals surface area (Å²) in [5.74, 6) is -0.0429. The first-order valence-electron chi connectivity index (χ1n) is 7.08. The maximum absolute atomic E-state index is 12.8. The van der Waals surface area contributed by atoms with Crippen LogP contribution < -0.4 is 5.73 Å². The second kappa shape index (κ2) is 5.78. The van der Waals surface area contributed by atoms with Crippen LogP contribution in [-0.2, 0) is 0 Å². The van der Waals surface area contributed by atoms with Crippen molar-refractivity contribution in [3.05, 3.63) is 64.7 Å². The van der Waals surface area contributed by atoms with E-state index < -0.39 is 0 Å². The van der Waals surface area contributed by atoms with Crippen LogP contribution in [0.4, 0.5) is 5.69 Å². The highest BCUT2D eigenvalue weighted by atomic mass is 35.5. The van der Waals surface area contributed by atoms with Gasteiger partial charge in [-0.05, 0) is 30.5 Å². The lowest BCUT2D eigenvalue weighted by Gasteiger charge is -2.25.